The molecule has 6 rings (SSSR count). The number of carbonyl (C=O) groups is 1. The Morgan fingerprint density at radius 3 is 1.37 bits per heavy atom. The highest BCUT2D eigenvalue weighted by Crippen LogP contribution is 2.39. The van der Waals surface area contributed by atoms with Crippen LogP contribution in [-0.4, -0.2) is 5.78 Å². The second kappa shape index (κ2) is 11.1. The summed E-state index contributed by atoms with van der Waals surface area (Å²) in [5, 5.41) is 0. The Balaban J connectivity index is 1.42. The molecular weight excluding hydrogens is 504 g/mol. The summed E-state index contributed by atoms with van der Waals surface area (Å²) in [6.07, 6.45) is 0. The van der Waals surface area contributed by atoms with Crippen LogP contribution in [0.1, 0.15) is 30.5 Å². The minimum absolute atomic E-state index is 0.260. The molecule has 0 bridgehead atoms. The first kappa shape index (κ1) is 26.1. The standard InChI is InChI=1S/C38H30O3/c1-25-14-23-34-35(24-25)41-38(27(3)29-17-21-33(22-18-29)31-12-8-5-9-13-31)36(39)37(40-34)26(2)28-15-19-32(20-16-28)30-10-6-4-7-11-30/h4-24H,1-3H3/b37-26-,38-27-. The van der Waals surface area contributed by atoms with Crippen LogP contribution in [0.25, 0.3) is 33.4 Å². The van der Waals surface area contributed by atoms with Gasteiger partial charge in [-0.3, -0.25) is 4.79 Å². The lowest BCUT2D eigenvalue weighted by molar-refractivity contribution is -0.115. The van der Waals surface area contributed by atoms with E-state index in [1.54, 1.807) is 0 Å². The Morgan fingerprint density at radius 2 is 0.902 bits per heavy atom. The van der Waals surface area contributed by atoms with E-state index in [9.17, 15) is 4.79 Å². The number of carbonyl (C=O) groups excluding carboxylic acids is 1. The third-order valence-electron chi connectivity index (χ3n) is 7.47. The minimum atomic E-state index is -0.284. The number of fused-ring (bicyclic) bond motifs is 1. The molecule has 0 atom stereocenters. The van der Waals surface area contributed by atoms with Gasteiger partial charge in [-0.05, 0) is 71.8 Å². The van der Waals surface area contributed by atoms with Crippen molar-refractivity contribution in [3.8, 4) is 33.8 Å². The van der Waals surface area contributed by atoms with Crippen LogP contribution in [0.2, 0.25) is 0 Å². The molecule has 0 aliphatic carbocycles. The number of benzene rings is 5. The highest BCUT2D eigenvalue weighted by molar-refractivity contribution is 6.14. The molecule has 0 saturated heterocycles. The smallest absolute Gasteiger partial charge is 0.263 e. The molecule has 0 amide bonds. The lowest BCUT2D eigenvalue weighted by atomic mass is 9.97. The topological polar surface area (TPSA) is 35.5 Å². The van der Waals surface area contributed by atoms with Crippen molar-refractivity contribution >= 4 is 16.9 Å². The number of hydrogen-bond donors (Lipinski definition) is 0. The van der Waals surface area contributed by atoms with Crippen LogP contribution in [0.5, 0.6) is 11.5 Å². The molecule has 3 nitrogen and oxygen atoms in total. The second-order valence-electron chi connectivity index (χ2n) is 10.3. The first-order valence-electron chi connectivity index (χ1n) is 13.7. The molecule has 1 aliphatic rings. The predicted octanol–water partition coefficient (Wildman–Crippen LogP) is 9.53. The summed E-state index contributed by atoms with van der Waals surface area (Å²) in [6, 6.07) is 42.6. The molecule has 1 heterocycles. The third-order valence-corrected chi connectivity index (χ3v) is 7.47. The Morgan fingerprint density at radius 1 is 0.488 bits per heavy atom. The maximum absolute atomic E-state index is 14.1. The molecule has 0 unspecified atom stereocenters. The SMILES string of the molecule is C/C(=C1/Oc2ccc(C)cc2O/C(=C(/C)c2ccc(-c3ccccc3)cc2)C1=O)c1ccc(-c2ccccc2)cc1. The summed E-state index contributed by atoms with van der Waals surface area (Å²) in [6.45, 7) is 5.84. The van der Waals surface area contributed by atoms with Gasteiger partial charge in [-0.2, -0.15) is 0 Å². The van der Waals surface area contributed by atoms with Crippen LogP contribution >= 0.6 is 0 Å². The van der Waals surface area contributed by atoms with E-state index in [1.165, 1.54) is 0 Å². The summed E-state index contributed by atoms with van der Waals surface area (Å²) in [5.41, 5.74) is 8.84. The van der Waals surface area contributed by atoms with Crippen LogP contribution in [0.3, 0.4) is 0 Å². The van der Waals surface area contributed by atoms with Crippen molar-refractivity contribution in [2.24, 2.45) is 0 Å². The van der Waals surface area contributed by atoms with Gasteiger partial charge in [-0.25, -0.2) is 0 Å². The normalized spacial score (nSPS) is 15.2. The number of rotatable bonds is 4. The van der Waals surface area contributed by atoms with Gasteiger partial charge in [0, 0.05) is 11.1 Å². The van der Waals surface area contributed by atoms with E-state index in [4.69, 9.17) is 9.47 Å². The van der Waals surface area contributed by atoms with Crippen molar-refractivity contribution in [1.29, 1.82) is 0 Å². The van der Waals surface area contributed by atoms with Crippen LogP contribution in [0, 0.1) is 6.92 Å². The van der Waals surface area contributed by atoms with Crippen LogP contribution in [0.4, 0.5) is 0 Å². The number of allylic oxidation sites excluding steroid dienone is 2. The zero-order valence-electron chi connectivity index (χ0n) is 23.3. The lowest BCUT2D eigenvalue weighted by Gasteiger charge is -2.13. The highest BCUT2D eigenvalue weighted by atomic mass is 16.5. The fourth-order valence-electron chi connectivity index (χ4n) is 5.04. The van der Waals surface area contributed by atoms with Crippen molar-refractivity contribution in [1.82, 2.24) is 0 Å². The van der Waals surface area contributed by atoms with Gasteiger partial charge in [0.05, 0.1) is 0 Å². The highest BCUT2D eigenvalue weighted by Gasteiger charge is 2.30. The van der Waals surface area contributed by atoms with Crippen molar-refractivity contribution < 1.29 is 14.3 Å². The Hall–Kier alpha value is -5.15. The molecule has 0 aromatic heterocycles. The monoisotopic (exact) mass is 534 g/mol. The minimum Gasteiger partial charge on any atom is -0.449 e. The zero-order chi connectivity index (χ0) is 28.3. The van der Waals surface area contributed by atoms with Crippen LogP contribution in [0.15, 0.2) is 139 Å². The number of Topliss-reactive ketones (excluding diaryl/α,β-unsaturated/α-hetero) is 1. The summed E-state index contributed by atoms with van der Waals surface area (Å²) in [4.78, 5) is 14.1. The van der Waals surface area contributed by atoms with E-state index in [-0.39, 0.29) is 17.3 Å². The first-order valence-corrected chi connectivity index (χ1v) is 13.7. The average Bonchev–Trinajstić information content (AvgIpc) is 3.17. The van der Waals surface area contributed by atoms with E-state index >= 15 is 0 Å². The van der Waals surface area contributed by atoms with E-state index in [0.717, 1.165) is 50.1 Å². The van der Waals surface area contributed by atoms with Crippen LogP contribution < -0.4 is 9.47 Å². The predicted molar refractivity (Wildman–Crippen MR) is 166 cm³/mol. The van der Waals surface area contributed by atoms with Gasteiger partial charge < -0.3 is 9.47 Å². The summed E-state index contributed by atoms with van der Waals surface area (Å²) in [7, 11) is 0. The van der Waals surface area contributed by atoms with Gasteiger partial charge in [0.15, 0.2) is 23.0 Å². The van der Waals surface area contributed by atoms with Gasteiger partial charge in [0.1, 0.15) is 0 Å². The largest absolute Gasteiger partial charge is 0.449 e. The molecule has 0 radical (unpaired) electrons. The molecule has 0 N–H and O–H groups in total. The Kier molecular flexibility index (Phi) is 7.09. The molecule has 1 aliphatic heterocycles. The number of hydrogen-bond acceptors (Lipinski definition) is 3. The maximum atomic E-state index is 14.1. The number of aryl methyl sites for hydroxylation is 1. The van der Waals surface area contributed by atoms with Crippen molar-refractivity contribution in [2.45, 2.75) is 20.8 Å². The fraction of sp³-hybridized carbons (Fsp3) is 0.0789. The quantitative estimate of drug-likeness (QED) is 0.215. The summed E-state index contributed by atoms with van der Waals surface area (Å²) < 4.78 is 12.7. The molecule has 0 saturated carbocycles. The molecule has 5 aromatic carbocycles. The Labute approximate surface area is 241 Å². The van der Waals surface area contributed by atoms with Gasteiger partial charge in [-0.1, -0.05) is 115 Å². The molecule has 5 aromatic rings. The van der Waals surface area contributed by atoms with Crippen molar-refractivity contribution in [2.75, 3.05) is 0 Å². The lowest BCUT2D eigenvalue weighted by Crippen LogP contribution is -2.15. The van der Waals surface area contributed by atoms with E-state index in [1.807, 2.05) is 99.6 Å². The molecular formula is C38H30O3. The van der Waals surface area contributed by atoms with E-state index in [2.05, 4.69) is 48.5 Å². The number of ether oxygens (including phenoxy) is 2. The number of ketones is 1. The average molecular weight is 535 g/mol. The van der Waals surface area contributed by atoms with Crippen LogP contribution in [-0.2, 0) is 4.79 Å². The van der Waals surface area contributed by atoms with Gasteiger partial charge >= 0.3 is 0 Å². The Bertz CT molecular complexity index is 1780. The first-order chi connectivity index (χ1) is 20.0. The van der Waals surface area contributed by atoms with E-state index < -0.39 is 0 Å². The zero-order valence-corrected chi connectivity index (χ0v) is 23.3. The molecule has 41 heavy (non-hydrogen) atoms. The molecule has 3 heteroatoms. The van der Waals surface area contributed by atoms with Gasteiger partial charge in [0.25, 0.3) is 5.78 Å². The third kappa shape index (κ3) is 5.35. The second-order valence-corrected chi connectivity index (χ2v) is 10.3. The van der Waals surface area contributed by atoms with Crippen molar-refractivity contribution in [3.05, 3.63) is 156 Å². The van der Waals surface area contributed by atoms with Gasteiger partial charge in [-0.15, -0.1) is 0 Å². The van der Waals surface area contributed by atoms with Crippen molar-refractivity contribution in [3.63, 3.8) is 0 Å². The molecule has 200 valence electrons. The van der Waals surface area contributed by atoms with E-state index in [0.29, 0.717) is 11.5 Å². The van der Waals surface area contributed by atoms with Gasteiger partial charge in [0.2, 0.25) is 0 Å². The summed E-state index contributed by atoms with van der Waals surface area (Å²) in [5.74, 6) is 1.28. The maximum Gasteiger partial charge on any atom is 0.263 e. The fourth-order valence-corrected chi connectivity index (χ4v) is 5.04. The summed E-state index contributed by atoms with van der Waals surface area (Å²) >= 11 is 0. The molecule has 0 spiro atoms. The molecule has 0 fully saturated rings.